The summed E-state index contributed by atoms with van der Waals surface area (Å²) >= 11 is 0. The van der Waals surface area contributed by atoms with Crippen molar-refractivity contribution in [3.63, 3.8) is 0 Å². The van der Waals surface area contributed by atoms with Gasteiger partial charge in [0.15, 0.2) is 0 Å². The van der Waals surface area contributed by atoms with Crippen LogP contribution >= 0.6 is 0 Å². The summed E-state index contributed by atoms with van der Waals surface area (Å²) < 4.78 is 0. The quantitative estimate of drug-likeness (QED) is 0.0232. The van der Waals surface area contributed by atoms with Gasteiger partial charge in [0.1, 0.15) is 22.9 Å². The highest BCUT2D eigenvalue weighted by Gasteiger charge is 2.14. The Labute approximate surface area is 366 Å². The molecule has 0 aromatic heterocycles. The van der Waals surface area contributed by atoms with E-state index in [4.69, 9.17) is 0 Å². The van der Waals surface area contributed by atoms with Gasteiger partial charge in [0.05, 0.1) is 35.8 Å². The maximum absolute atomic E-state index is 10.3. The average Bonchev–Trinajstić information content (AvgIpc) is 3.24. The topological polar surface area (TPSA) is 170 Å². The number of aliphatic hydroxyl groups is 4. The number of rotatable bonds is 38. The molecular weight excluding hydrogens is 753 g/mol. The second-order valence-corrected chi connectivity index (χ2v) is 17.1. The summed E-state index contributed by atoms with van der Waals surface area (Å²) in [6.45, 7) is 10.5. The lowest BCUT2D eigenvalue weighted by Crippen LogP contribution is -2.22. The van der Waals surface area contributed by atoms with Crippen LogP contribution < -0.4 is 21.3 Å². The minimum atomic E-state index is -0.433. The molecule has 60 heavy (non-hydrogen) atoms. The van der Waals surface area contributed by atoms with Gasteiger partial charge < -0.3 is 51.9 Å². The van der Waals surface area contributed by atoms with Gasteiger partial charge in [-0.25, -0.2) is 0 Å². The maximum Gasteiger partial charge on any atom is 0.140 e. The molecule has 10 nitrogen and oxygen atoms in total. The summed E-state index contributed by atoms with van der Waals surface area (Å²) in [5, 5.41) is 74.4. The standard InChI is InChI=1S/C26H48N2O3.C24H44N2O3/c1-3-5-7-9-11-13-16-22(29)20-27-24-18-15-19-25(31)26(24)28-21-23(30)17-14-12-10-8-6-4-2;1-3-5-7-9-11-14-20(27)18-25-22-16-13-17-23(29)24(22)26-19-21(28)15-12-10-8-6-4-2/h15,18-19,22-23,27-31H,3-14,16-17,20-21H2,1-2H3;13,16-17,20-21,25-29H,3-12,14-15,18-19H2,1-2H3. The van der Waals surface area contributed by atoms with Crippen molar-refractivity contribution in [3.05, 3.63) is 36.4 Å². The van der Waals surface area contributed by atoms with Crippen molar-refractivity contribution in [3.8, 4) is 11.5 Å². The Morgan fingerprint density at radius 1 is 0.350 bits per heavy atom. The molecule has 0 aliphatic heterocycles. The van der Waals surface area contributed by atoms with Crippen LogP contribution in [0.25, 0.3) is 0 Å². The normalized spacial score (nSPS) is 13.2. The second-order valence-electron chi connectivity index (χ2n) is 17.1. The Hall–Kier alpha value is -2.92. The molecule has 0 aliphatic carbocycles. The van der Waals surface area contributed by atoms with Crippen LogP contribution in [0.4, 0.5) is 22.7 Å². The Balaban J connectivity index is 0.000000601. The number of hydrogen-bond donors (Lipinski definition) is 10. The summed E-state index contributed by atoms with van der Waals surface area (Å²) in [7, 11) is 0. The highest BCUT2D eigenvalue weighted by molar-refractivity contribution is 5.76. The van der Waals surface area contributed by atoms with Gasteiger partial charge in [-0.05, 0) is 49.9 Å². The number of aliphatic hydroxyl groups excluding tert-OH is 4. The first-order valence-corrected chi connectivity index (χ1v) is 24.5. The predicted octanol–water partition coefficient (Wildman–Crippen LogP) is 12.1. The monoisotopic (exact) mass is 845 g/mol. The number of hydrogen-bond acceptors (Lipinski definition) is 10. The SMILES string of the molecule is CCCCCCCC(O)CNc1cccc(O)c1NCC(O)CCCCCCC.CCCCCCCCC(O)CNc1cccc(O)c1NCC(O)CCCCCCCC. The van der Waals surface area contributed by atoms with Crippen LogP contribution in [0.5, 0.6) is 11.5 Å². The van der Waals surface area contributed by atoms with E-state index in [-0.39, 0.29) is 11.5 Å². The van der Waals surface area contributed by atoms with Crippen LogP contribution in [-0.2, 0) is 0 Å². The summed E-state index contributed by atoms with van der Waals surface area (Å²) in [4.78, 5) is 0. The van der Waals surface area contributed by atoms with Gasteiger partial charge in [0, 0.05) is 26.2 Å². The van der Waals surface area contributed by atoms with E-state index in [1.807, 2.05) is 12.1 Å². The molecule has 2 aromatic carbocycles. The van der Waals surface area contributed by atoms with E-state index in [1.54, 1.807) is 24.3 Å². The van der Waals surface area contributed by atoms with E-state index in [0.717, 1.165) is 75.6 Å². The van der Waals surface area contributed by atoms with Crippen molar-refractivity contribution < 1.29 is 30.6 Å². The Morgan fingerprint density at radius 3 is 0.883 bits per heavy atom. The van der Waals surface area contributed by atoms with E-state index in [1.165, 1.54) is 103 Å². The van der Waals surface area contributed by atoms with Crippen LogP contribution in [0, 0.1) is 0 Å². The fourth-order valence-corrected chi connectivity index (χ4v) is 7.34. The third-order valence-corrected chi connectivity index (χ3v) is 11.2. The van der Waals surface area contributed by atoms with Crippen LogP contribution in [0.15, 0.2) is 36.4 Å². The third-order valence-electron chi connectivity index (χ3n) is 11.2. The first-order valence-electron chi connectivity index (χ1n) is 24.5. The summed E-state index contributed by atoms with van der Waals surface area (Å²) in [5.41, 5.74) is 2.70. The molecule has 10 N–H and O–H groups in total. The number of benzene rings is 2. The fourth-order valence-electron chi connectivity index (χ4n) is 7.34. The fraction of sp³-hybridized carbons (Fsp3) is 0.760. The molecule has 0 saturated carbocycles. The molecule has 0 spiro atoms. The van der Waals surface area contributed by atoms with Gasteiger partial charge in [0.25, 0.3) is 0 Å². The average molecular weight is 845 g/mol. The molecule has 348 valence electrons. The lowest BCUT2D eigenvalue weighted by molar-refractivity contribution is 0.172. The Morgan fingerprint density at radius 2 is 0.600 bits per heavy atom. The molecule has 0 aliphatic rings. The first kappa shape index (κ1) is 55.1. The molecule has 4 atom stereocenters. The van der Waals surface area contributed by atoms with Gasteiger partial charge >= 0.3 is 0 Å². The lowest BCUT2D eigenvalue weighted by Gasteiger charge is -2.19. The van der Waals surface area contributed by atoms with Gasteiger partial charge in [0.2, 0.25) is 0 Å². The van der Waals surface area contributed by atoms with Crippen molar-refractivity contribution in [2.75, 3.05) is 47.4 Å². The zero-order valence-corrected chi connectivity index (χ0v) is 38.7. The molecule has 0 amide bonds. The minimum Gasteiger partial charge on any atom is -0.506 e. The number of aromatic hydroxyl groups is 2. The second kappa shape index (κ2) is 37.8. The van der Waals surface area contributed by atoms with Crippen LogP contribution in [-0.4, -0.2) is 81.2 Å². The van der Waals surface area contributed by atoms with Gasteiger partial charge in [-0.15, -0.1) is 0 Å². The highest BCUT2D eigenvalue weighted by Crippen LogP contribution is 2.33. The van der Waals surface area contributed by atoms with Crippen LogP contribution in [0.2, 0.25) is 0 Å². The number of phenolic OH excluding ortho intramolecular Hbond substituents is 2. The zero-order valence-electron chi connectivity index (χ0n) is 38.7. The number of para-hydroxylation sites is 2. The Bertz CT molecular complexity index is 1270. The number of anilines is 4. The van der Waals surface area contributed by atoms with Crippen LogP contribution in [0.1, 0.15) is 195 Å². The Kier molecular flexibility index (Phi) is 34.7. The highest BCUT2D eigenvalue weighted by atomic mass is 16.3. The lowest BCUT2D eigenvalue weighted by atomic mass is 10.1. The number of unbranched alkanes of at least 4 members (excludes halogenated alkanes) is 18. The van der Waals surface area contributed by atoms with E-state index in [9.17, 15) is 30.6 Å². The molecule has 10 heteroatoms. The molecule has 0 saturated heterocycles. The first-order chi connectivity index (χ1) is 29.2. The maximum atomic E-state index is 10.3. The molecule has 0 fully saturated rings. The number of nitrogens with one attached hydrogen (secondary N) is 4. The summed E-state index contributed by atoms with van der Waals surface area (Å²) in [6.07, 6.45) is 27.8. The van der Waals surface area contributed by atoms with Crippen molar-refractivity contribution in [1.82, 2.24) is 0 Å². The van der Waals surface area contributed by atoms with Crippen LogP contribution in [0.3, 0.4) is 0 Å². The van der Waals surface area contributed by atoms with Gasteiger partial charge in [-0.1, -0.05) is 181 Å². The largest absolute Gasteiger partial charge is 0.506 e. The van der Waals surface area contributed by atoms with E-state index < -0.39 is 24.4 Å². The van der Waals surface area contributed by atoms with Crippen molar-refractivity contribution in [1.29, 1.82) is 0 Å². The van der Waals surface area contributed by atoms with Crippen molar-refractivity contribution in [2.45, 2.75) is 219 Å². The molecular formula is C50H92N4O6. The van der Waals surface area contributed by atoms with Gasteiger partial charge in [-0.3, -0.25) is 0 Å². The molecule has 0 radical (unpaired) electrons. The number of phenols is 2. The van der Waals surface area contributed by atoms with Crippen molar-refractivity contribution in [2.24, 2.45) is 0 Å². The molecule has 2 aromatic rings. The van der Waals surface area contributed by atoms with E-state index >= 15 is 0 Å². The van der Waals surface area contributed by atoms with E-state index in [2.05, 4.69) is 49.0 Å². The van der Waals surface area contributed by atoms with E-state index in [0.29, 0.717) is 37.6 Å². The summed E-state index contributed by atoms with van der Waals surface area (Å²) in [6, 6.07) is 10.6. The third kappa shape index (κ3) is 28.6. The van der Waals surface area contributed by atoms with Crippen molar-refractivity contribution >= 4 is 22.7 Å². The molecule has 2 rings (SSSR count). The van der Waals surface area contributed by atoms with Gasteiger partial charge in [-0.2, -0.15) is 0 Å². The molecule has 0 heterocycles. The smallest absolute Gasteiger partial charge is 0.140 e. The molecule has 4 unspecified atom stereocenters. The predicted molar refractivity (Wildman–Crippen MR) is 257 cm³/mol. The minimum absolute atomic E-state index is 0.152. The zero-order chi connectivity index (χ0) is 44.1. The summed E-state index contributed by atoms with van der Waals surface area (Å²) in [5.74, 6) is 0.307. The molecule has 0 bridgehead atoms.